The number of sulfonamides is 1. The van der Waals surface area contributed by atoms with Crippen LogP contribution in [0.25, 0.3) is 0 Å². The minimum absolute atomic E-state index is 0.0181. The van der Waals surface area contributed by atoms with Crippen molar-refractivity contribution in [1.29, 1.82) is 0 Å². The highest BCUT2D eigenvalue weighted by atomic mass is 32.2. The normalized spacial score (nSPS) is 13.8. The van der Waals surface area contributed by atoms with Crippen LogP contribution < -0.4 is 25.4 Å². The maximum Gasteiger partial charge on any atom is 0.323 e. The number of piperidine rings is 1. The molecule has 11 nitrogen and oxygen atoms in total. The number of anilines is 4. The SMILES string of the molecule is CCS(=O)(=O)Nc1ccc(Oc2ccc(CN3CCC(c4c(F)cccc4NC(=O)Nc4ccc(F)c(NC(C)=O)c4)CC3)cn2)cc1. The Bertz CT molecular complexity index is 1870. The van der Waals surface area contributed by atoms with E-state index in [9.17, 15) is 22.4 Å². The molecule has 1 aliphatic rings. The fourth-order valence-corrected chi connectivity index (χ4v) is 6.04. The van der Waals surface area contributed by atoms with E-state index >= 15 is 4.39 Å². The summed E-state index contributed by atoms with van der Waals surface area (Å²) in [5.41, 5.74) is 2.41. The highest BCUT2D eigenvalue weighted by Crippen LogP contribution is 2.35. The predicted molar refractivity (Wildman–Crippen MR) is 181 cm³/mol. The van der Waals surface area contributed by atoms with Gasteiger partial charge in [0.15, 0.2) is 0 Å². The van der Waals surface area contributed by atoms with E-state index in [0.717, 1.165) is 11.6 Å². The van der Waals surface area contributed by atoms with Crippen LogP contribution in [-0.2, 0) is 21.4 Å². The van der Waals surface area contributed by atoms with Gasteiger partial charge in [0, 0.05) is 48.4 Å². The number of halogens is 2. The van der Waals surface area contributed by atoms with Crippen LogP contribution in [0, 0.1) is 11.6 Å². The monoisotopic (exact) mass is 678 g/mol. The van der Waals surface area contributed by atoms with Gasteiger partial charge in [0.1, 0.15) is 17.4 Å². The third kappa shape index (κ3) is 9.26. The zero-order chi connectivity index (χ0) is 34.3. The van der Waals surface area contributed by atoms with Crippen LogP contribution in [0.3, 0.4) is 0 Å². The first-order valence-corrected chi connectivity index (χ1v) is 17.0. The Morgan fingerprint density at radius 3 is 2.29 bits per heavy atom. The molecule has 4 N–H and O–H groups in total. The maximum atomic E-state index is 15.2. The summed E-state index contributed by atoms with van der Waals surface area (Å²) in [5, 5.41) is 7.71. The molecule has 48 heavy (non-hydrogen) atoms. The number of nitrogens with zero attached hydrogens (tertiary/aromatic N) is 2. The summed E-state index contributed by atoms with van der Waals surface area (Å²) >= 11 is 0. The fraction of sp³-hybridized carbons (Fsp3) is 0.265. The lowest BCUT2D eigenvalue weighted by atomic mass is 9.87. The first-order valence-electron chi connectivity index (χ1n) is 15.4. The Labute approximate surface area is 277 Å². The van der Waals surface area contributed by atoms with Gasteiger partial charge in [-0.3, -0.25) is 14.4 Å². The summed E-state index contributed by atoms with van der Waals surface area (Å²) in [6.45, 7) is 4.88. The van der Waals surface area contributed by atoms with Gasteiger partial charge in [0.05, 0.1) is 11.4 Å². The van der Waals surface area contributed by atoms with E-state index in [-0.39, 0.29) is 23.0 Å². The summed E-state index contributed by atoms with van der Waals surface area (Å²) in [5.74, 6) is -0.717. The molecule has 2 heterocycles. The average Bonchev–Trinajstić information content (AvgIpc) is 3.05. The number of ether oxygens (including phenoxy) is 1. The minimum atomic E-state index is -3.36. The van der Waals surface area contributed by atoms with E-state index in [1.54, 1.807) is 49.5 Å². The summed E-state index contributed by atoms with van der Waals surface area (Å²) < 4.78 is 60.9. The summed E-state index contributed by atoms with van der Waals surface area (Å²) in [4.78, 5) is 30.8. The highest BCUT2D eigenvalue weighted by Gasteiger charge is 2.26. The summed E-state index contributed by atoms with van der Waals surface area (Å²) in [7, 11) is -3.36. The van der Waals surface area contributed by atoms with Gasteiger partial charge in [0.25, 0.3) is 0 Å². The van der Waals surface area contributed by atoms with Crippen molar-refractivity contribution >= 4 is 44.7 Å². The van der Waals surface area contributed by atoms with Crippen molar-refractivity contribution in [3.8, 4) is 11.6 Å². The number of carbonyl (C=O) groups is 2. The molecule has 0 spiro atoms. The van der Waals surface area contributed by atoms with Crippen LogP contribution in [0.15, 0.2) is 79.0 Å². The van der Waals surface area contributed by atoms with Crippen molar-refractivity contribution in [3.05, 3.63) is 102 Å². The number of urea groups is 1. The van der Waals surface area contributed by atoms with Crippen molar-refractivity contribution in [1.82, 2.24) is 9.88 Å². The molecular formula is C34H36F2N6O5S. The predicted octanol–water partition coefficient (Wildman–Crippen LogP) is 6.90. The molecule has 1 aliphatic heterocycles. The van der Waals surface area contributed by atoms with Crippen LogP contribution in [0.4, 0.5) is 36.3 Å². The molecule has 3 amide bonds. The molecule has 0 aliphatic carbocycles. The van der Waals surface area contributed by atoms with Gasteiger partial charge < -0.3 is 20.7 Å². The van der Waals surface area contributed by atoms with Crippen molar-refractivity contribution in [2.24, 2.45) is 0 Å². The molecule has 0 unspecified atom stereocenters. The molecule has 252 valence electrons. The van der Waals surface area contributed by atoms with E-state index in [0.29, 0.717) is 61.0 Å². The smallest absolute Gasteiger partial charge is 0.323 e. The lowest BCUT2D eigenvalue weighted by molar-refractivity contribution is -0.114. The van der Waals surface area contributed by atoms with Gasteiger partial charge >= 0.3 is 6.03 Å². The number of hydrogen-bond acceptors (Lipinski definition) is 7. The third-order valence-corrected chi connectivity index (χ3v) is 9.07. The Hall–Kier alpha value is -5.08. The second kappa shape index (κ2) is 15.2. The largest absolute Gasteiger partial charge is 0.439 e. The van der Waals surface area contributed by atoms with E-state index in [1.165, 1.54) is 31.2 Å². The van der Waals surface area contributed by atoms with Crippen LogP contribution in [0.1, 0.15) is 43.7 Å². The lowest BCUT2D eigenvalue weighted by Crippen LogP contribution is -2.33. The van der Waals surface area contributed by atoms with Crippen molar-refractivity contribution in [3.63, 3.8) is 0 Å². The van der Waals surface area contributed by atoms with Gasteiger partial charge in [-0.2, -0.15) is 0 Å². The van der Waals surface area contributed by atoms with Crippen LogP contribution in [-0.4, -0.2) is 49.1 Å². The summed E-state index contributed by atoms with van der Waals surface area (Å²) in [6.07, 6.45) is 3.09. The number of nitrogens with one attached hydrogen (secondary N) is 4. The molecule has 5 rings (SSSR count). The second-order valence-electron chi connectivity index (χ2n) is 11.3. The molecule has 1 aromatic heterocycles. The number of aromatic nitrogens is 1. The zero-order valence-electron chi connectivity index (χ0n) is 26.4. The number of benzene rings is 3. The molecule has 0 radical (unpaired) electrons. The molecule has 0 bridgehead atoms. The molecular weight excluding hydrogens is 642 g/mol. The number of rotatable bonds is 11. The number of amides is 3. The van der Waals surface area contributed by atoms with Crippen LogP contribution in [0.5, 0.6) is 11.6 Å². The van der Waals surface area contributed by atoms with Gasteiger partial charge in [0.2, 0.25) is 21.8 Å². The quantitative estimate of drug-likeness (QED) is 0.135. The van der Waals surface area contributed by atoms with E-state index in [2.05, 4.69) is 30.6 Å². The Morgan fingerprint density at radius 1 is 0.896 bits per heavy atom. The van der Waals surface area contributed by atoms with Crippen molar-refractivity contribution in [2.75, 3.05) is 39.5 Å². The van der Waals surface area contributed by atoms with Crippen LogP contribution >= 0.6 is 0 Å². The standard InChI is InChI=1S/C34H36F2N6O5S/c1-3-48(45,46)41-25-8-11-27(12-9-25)47-32-14-7-23(20-37-32)21-42-17-15-24(16-18-42)33-29(36)5-4-6-30(33)40-34(44)39-26-10-13-28(35)31(19-26)38-22(2)43/h4-14,19-20,24,41H,3,15-18,21H2,1-2H3,(H,38,43)(H2,39,40,44). The average molecular weight is 679 g/mol. The number of carbonyl (C=O) groups excluding carboxylic acids is 2. The van der Waals surface area contributed by atoms with Gasteiger partial charge in [-0.05, 0) is 98.9 Å². The van der Waals surface area contributed by atoms with Crippen molar-refractivity contribution in [2.45, 2.75) is 39.2 Å². The summed E-state index contributed by atoms with van der Waals surface area (Å²) in [6, 6.07) is 18.0. The minimum Gasteiger partial charge on any atom is -0.439 e. The van der Waals surface area contributed by atoms with Crippen molar-refractivity contribution < 1.29 is 31.5 Å². The topological polar surface area (TPSA) is 142 Å². The molecule has 14 heteroatoms. The molecule has 1 fully saturated rings. The molecule has 4 aromatic rings. The Kier molecular flexibility index (Phi) is 10.9. The van der Waals surface area contributed by atoms with E-state index in [4.69, 9.17) is 4.74 Å². The number of hydrogen-bond donors (Lipinski definition) is 4. The van der Waals surface area contributed by atoms with Gasteiger partial charge in [-0.1, -0.05) is 12.1 Å². The molecule has 3 aromatic carbocycles. The lowest BCUT2D eigenvalue weighted by Gasteiger charge is -2.33. The zero-order valence-corrected chi connectivity index (χ0v) is 27.2. The Morgan fingerprint density at radius 2 is 1.62 bits per heavy atom. The van der Waals surface area contributed by atoms with E-state index in [1.807, 2.05) is 6.07 Å². The number of pyridine rings is 1. The molecule has 0 saturated carbocycles. The molecule has 0 atom stereocenters. The van der Waals surface area contributed by atoms with Gasteiger partial charge in [-0.15, -0.1) is 0 Å². The van der Waals surface area contributed by atoms with Gasteiger partial charge in [-0.25, -0.2) is 27.0 Å². The first kappa shape index (κ1) is 34.3. The highest BCUT2D eigenvalue weighted by molar-refractivity contribution is 7.92. The molecule has 1 saturated heterocycles. The Balaban J connectivity index is 1.14. The number of likely N-dealkylation sites (tertiary alicyclic amines) is 1. The maximum absolute atomic E-state index is 15.2. The third-order valence-electron chi connectivity index (χ3n) is 7.77. The second-order valence-corrected chi connectivity index (χ2v) is 13.4. The van der Waals surface area contributed by atoms with Crippen LogP contribution in [0.2, 0.25) is 0 Å². The van der Waals surface area contributed by atoms with E-state index < -0.39 is 33.6 Å². The fourth-order valence-electron chi connectivity index (χ4n) is 5.40. The first-order chi connectivity index (χ1) is 23.0.